The van der Waals surface area contributed by atoms with Gasteiger partial charge >= 0.3 is 55.7 Å². The Balaban J connectivity index is 0. The van der Waals surface area contributed by atoms with Crippen LogP contribution in [0.1, 0.15) is 80.5 Å². The molecule has 2 heterocycles. The van der Waals surface area contributed by atoms with Gasteiger partial charge in [0, 0.05) is 27.2 Å². The Bertz CT molecular complexity index is 1290. The molecule has 0 aromatic heterocycles. The molecule has 46 heavy (non-hydrogen) atoms. The Morgan fingerprint density at radius 1 is 0.935 bits per heavy atom. The van der Waals surface area contributed by atoms with E-state index in [1.807, 2.05) is 13.8 Å². The van der Waals surface area contributed by atoms with Gasteiger partial charge in [-0.15, -0.1) is 0 Å². The zero-order valence-corrected chi connectivity index (χ0v) is 31.2. The summed E-state index contributed by atoms with van der Waals surface area (Å²) in [5.74, 6) is -2.28. The van der Waals surface area contributed by atoms with Gasteiger partial charge in [0.05, 0.1) is 52.9 Å². The summed E-state index contributed by atoms with van der Waals surface area (Å²) in [7, 11) is -3.62. The van der Waals surface area contributed by atoms with Gasteiger partial charge in [-0.2, -0.15) is 0 Å². The maximum atomic E-state index is 14.2. The number of halogens is 4. The Labute approximate surface area is 307 Å². The zero-order valence-electron chi connectivity index (χ0n) is 29.0. The van der Waals surface area contributed by atoms with E-state index >= 15 is 0 Å². The molecule has 0 radical (unpaired) electrons. The number of phenolic OH excluding ortho intramolecular Hbond substituents is 1. The Kier molecular flexibility index (Phi) is 20.5. The summed E-state index contributed by atoms with van der Waals surface area (Å²) in [4.78, 5) is 22.8. The molecule has 0 spiro atoms. The number of ether oxygens (including phenoxy) is 3. The minimum Gasteiger partial charge on any atom is -1.00 e. The number of carbonyl (C=O) groups is 2. The van der Waals surface area contributed by atoms with Crippen molar-refractivity contribution in [2.24, 2.45) is 0 Å². The van der Waals surface area contributed by atoms with Gasteiger partial charge in [-0.3, -0.25) is 14.0 Å². The zero-order chi connectivity index (χ0) is 35.1. The van der Waals surface area contributed by atoms with Gasteiger partial charge in [0.15, 0.2) is 0 Å². The van der Waals surface area contributed by atoms with Crippen molar-refractivity contribution in [3.8, 4) is 11.5 Å². The molecule has 0 saturated heterocycles. The molecule has 2 aromatic rings. The van der Waals surface area contributed by atoms with Crippen molar-refractivity contribution in [3.63, 3.8) is 0 Å². The minimum absolute atomic E-state index is 0. The van der Waals surface area contributed by atoms with Crippen LogP contribution in [-0.2, 0) is 28.4 Å². The molecule has 10 nitrogen and oxygen atoms in total. The molecule has 2 aliphatic heterocycles. The number of hydrogen-bond acceptors (Lipinski definition) is 10. The normalized spacial score (nSPS) is 15.9. The fourth-order valence-electron chi connectivity index (χ4n) is 4.30. The maximum Gasteiger partial charge on any atom is 1.00 e. The van der Waals surface area contributed by atoms with Crippen molar-refractivity contribution in [3.05, 3.63) is 47.0 Å². The smallest absolute Gasteiger partial charge is 1.00 e. The average molecular weight is 779 g/mol. The summed E-state index contributed by atoms with van der Waals surface area (Å²) < 4.78 is 69.6. The van der Waals surface area contributed by atoms with E-state index in [-0.39, 0.29) is 85.5 Å². The average Bonchev–Trinajstić information content (AvgIpc) is 3.40. The van der Waals surface area contributed by atoms with Gasteiger partial charge in [0.25, 0.3) is 0 Å². The van der Waals surface area contributed by atoms with E-state index in [9.17, 15) is 37.9 Å². The first-order chi connectivity index (χ1) is 21.6. The summed E-state index contributed by atoms with van der Waals surface area (Å²) >= 11 is 2.34. The van der Waals surface area contributed by atoms with E-state index in [2.05, 4.69) is 36.4 Å². The summed E-state index contributed by atoms with van der Waals surface area (Å²) in [6.45, 7) is 11.8. The minimum atomic E-state index is -1.35. The van der Waals surface area contributed by atoms with Crippen molar-refractivity contribution < 1.29 is 93.8 Å². The molecule has 0 bridgehead atoms. The van der Waals surface area contributed by atoms with Crippen molar-refractivity contribution in [2.75, 3.05) is 20.4 Å². The second-order valence-corrected chi connectivity index (χ2v) is 12.5. The number of aromatic hydroxyl groups is 1. The van der Waals surface area contributed by atoms with E-state index < -0.39 is 57.2 Å². The van der Waals surface area contributed by atoms with E-state index in [1.165, 1.54) is 18.2 Å². The monoisotopic (exact) mass is 779 g/mol. The van der Waals surface area contributed by atoms with Crippen LogP contribution in [0.4, 0.5) is 13.2 Å². The van der Waals surface area contributed by atoms with Gasteiger partial charge in [0.1, 0.15) is 23.1 Å². The predicted octanol–water partition coefficient (Wildman–Crippen LogP) is 1.10. The van der Waals surface area contributed by atoms with Crippen molar-refractivity contribution >= 4 is 59.7 Å². The summed E-state index contributed by atoms with van der Waals surface area (Å²) in [6.07, 6.45) is -2.17. The van der Waals surface area contributed by atoms with E-state index in [0.29, 0.717) is 11.2 Å². The fraction of sp³-hybridized carbons (Fsp3) is 0.517. The molecule has 0 amide bonds. The Morgan fingerprint density at radius 3 is 1.72 bits per heavy atom. The molecule has 2 aliphatic rings. The second-order valence-electron chi connectivity index (χ2n) is 9.99. The van der Waals surface area contributed by atoms with Crippen LogP contribution in [-0.4, -0.2) is 71.7 Å². The molecule has 17 heteroatoms. The Hall–Kier alpha value is -1.53. The molecule has 2 unspecified atom stereocenters. The molecular weight excluding hydrogens is 737 g/mol. The van der Waals surface area contributed by atoms with Crippen LogP contribution >= 0.6 is 22.6 Å². The molecule has 0 aliphatic carbocycles. The molecule has 4 rings (SSSR count). The maximum absolute atomic E-state index is 14.2. The molecule has 0 fully saturated rings. The van der Waals surface area contributed by atoms with Gasteiger partial charge in [0.2, 0.25) is 0 Å². The van der Waals surface area contributed by atoms with Crippen LogP contribution in [0, 0.1) is 11.6 Å². The fourth-order valence-corrected chi connectivity index (χ4v) is 4.30. The number of carbonyl (C=O) groups excluding carboxylic acids is 2. The first kappa shape index (κ1) is 42.5. The third kappa shape index (κ3) is 13.9. The van der Waals surface area contributed by atoms with Crippen molar-refractivity contribution in [1.82, 2.24) is 0 Å². The standard InChI is InChI=1S/C14H18BFO5.C11H12BFO5.C3H7I.CH3F.Na.H/c1-4-19-13(17)7-12-14-10(15(18)21-12)5-9(6-11(14)16)20-8(2)3;1-2-17-10(15)5-9-11-7(12(16)18-9)3-6(14)4-8(11)13;1-3(2)4;1-2;;/h5-6,8,12,18H,4,7H2,1-3H3;3-4,9,14,16H,2,5H2,1H3;3H,1-2H3;1H3;;/q;;;;+1;-1/i;;;1D;;. The first-order valence-corrected chi connectivity index (χ1v) is 15.3. The van der Waals surface area contributed by atoms with Crippen LogP contribution in [0.5, 0.6) is 11.5 Å². The number of alkyl halides is 2. The number of esters is 2. The van der Waals surface area contributed by atoms with Crippen LogP contribution in [0.3, 0.4) is 0 Å². The predicted molar refractivity (Wildman–Crippen MR) is 173 cm³/mol. The Morgan fingerprint density at radius 2 is 1.33 bits per heavy atom. The third-order valence-electron chi connectivity index (χ3n) is 5.73. The van der Waals surface area contributed by atoms with Crippen LogP contribution in [0.25, 0.3) is 0 Å². The SMILES string of the molecule is CC(C)I.CCOC(=O)CC1OB(O)c2cc(O)cc(F)c21.CCOC(=O)CC1OB(O)c2cc(OC(C)C)cc(F)c21.[2H]CF.[H-].[Na+]. The van der Waals surface area contributed by atoms with Gasteiger partial charge in [-0.05, 0) is 50.8 Å². The molecule has 252 valence electrons. The molecule has 3 N–H and O–H groups in total. The van der Waals surface area contributed by atoms with Crippen LogP contribution in [0.2, 0.25) is 0 Å². The number of rotatable bonds is 8. The van der Waals surface area contributed by atoms with E-state index in [4.69, 9.17) is 24.9 Å². The topological polar surface area (TPSA) is 141 Å². The quantitative estimate of drug-likeness (QED) is 0.155. The summed E-state index contributed by atoms with van der Waals surface area (Å²) in [5, 5.41) is 28.7. The third-order valence-corrected chi connectivity index (χ3v) is 5.73. The van der Waals surface area contributed by atoms with E-state index in [1.54, 1.807) is 13.8 Å². The largest absolute Gasteiger partial charge is 1.00 e. The van der Waals surface area contributed by atoms with Crippen molar-refractivity contribution in [1.29, 1.82) is 0 Å². The van der Waals surface area contributed by atoms with Crippen LogP contribution in [0.15, 0.2) is 24.3 Å². The van der Waals surface area contributed by atoms with E-state index in [0.717, 1.165) is 9.99 Å². The molecule has 2 atom stereocenters. The second kappa shape index (κ2) is 22.2. The summed E-state index contributed by atoms with van der Waals surface area (Å²) in [6, 6.07) is 4.90. The summed E-state index contributed by atoms with van der Waals surface area (Å²) in [5.41, 5.74) is 0.710. The van der Waals surface area contributed by atoms with Crippen LogP contribution < -0.4 is 45.2 Å². The van der Waals surface area contributed by atoms with Crippen molar-refractivity contribution in [2.45, 2.75) is 76.6 Å². The molecular formula is C29H41B2F3INaO10. The number of phenols is 1. The molecule has 0 saturated carbocycles. The first-order valence-electron chi connectivity index (χ1n) is 14.8. The number of benzene rings is 2. The van der Waals surface area contributed by atoms with Gasteiger partial charge in [-0.25, -0.2) is 8.78 Å². The van der Waals surface area contributed by atoms with Gasteiger partial charge in [-0.1, -0.05) is 36.4 Å². The molecule has 2 aromatic carbocycles. The number of fused-ring (bicyclic) bond motifs is 2. The number of hydrogen-bond donors (Lipinski definition) is 3. The van der Waals surface area contributed by atoms with Gasteiger partial charge < -0.3 is 40.1 Å².